The van der Waals surface area contributed by atoms with Gasteiger partial charge in [0.25, 0.3) is 0 Å². The van der Waals surface area contributed by atoms with E-state index in [0.29, 0.717) is 0 Å². The summed E-state index contributed by atoms with van der Waals surface area (Å²) in [5.41, 5.74) is 24.8. The van der Waals surface area contributed by atoms with E-state index in [1.54, 1.807) is 11.1 Å². The Labute approximate surface area is 295 Å². The molecule has 0 spiro atoms. The Hall–Kier alpha value is -2.77. The maximum absolute atomic E-state index is 11.6. The van der Waals surface area contributed by atoms with E-state index in [1.165, 1.54) is 90.5 Å². The third kappa shape index (κ3) is 13.2. The Balaban J connectivity index is 0.00000268. The molecule has 0 aromatic heterocycles. The quantitative estimate of drug-likeness (QED) is 0.0912. The second kappa shape index (κ2) is 25.3. The molecule has 0 radical (unpaired) electrons. The number of benzene rings is 2. The molecule has 1 aliphatic rings. The summed E-state index contributed by atoms with van der Waals surface area (Å²) < 4.78 is 1.47. The van der Waals surface area contributed by atoms with E-state index in [2.05, 4.69) is 105 Å². The molecule has 0 unspecified atom stereocenters. The van der Waals surface area contributed by atoms with Crippen LogP contribution in [0.25, 0.3) is 16.9 Å². The standard InChI is InChI=1S/C37H54N2.2C3H5.Ni/c1-7-13-19-30-26-33(27-31(20-14-8-2)35(30)21-15-9-3)37-23-22-36(39(37)38)32-24-28(16-10-4)34(18-12-6)29(25-32)17-11-5;2*1-3-2;/h22-27H,7-21H2,1-6H3;2*3H,1-2H2;/q;2*-1;+2. The number of rotatable bonds is 17. The van der Waals surface area contributed by atoms with Crippen molar-refractivity contribution in [1.82, 2.24) is 0 Å². The summed E-state index contributed by atoms with van der Waals surface area (Å²) in [5, 5.41) is 0. The number of nitrogens with zero attached hydrogens (tertiary/aromatic N) is 2. The molecular formula is C43H64N2Ni. The van der Waals surface area contributed by atoms with Gasteiger partial charge in [0, 0.05) is 23.3 Å². The second-order valence-corrected chi connectivity index (χ2v) is 12.1. The van der Waals surface area contributed by atoms with Crippen molar-refractivity contribution in [2.45, 2.75) is 138 Å². The van der Waals surface area contributed by atoms with Gasteiger partial charge in [-0.1, -0.05) is 80.1 Å². The molecule has 0 bridgehead atoms. The third-order valence-corrected chi connectivity index (χ3v) is 8.23. The largest absolute Gasteiger partial charge is 2.00 e. The first-order valence-electron chi connectivity index (χ1n) is 17.9. The van der Waals surface area contributed by atoms with Crippen molar-refractivity contribution in [2.24, 2.45) is 0 Å². The van der Waals surface area contributed by atoms with Crippen LogP contribution in [0.15, 0.2) is 61.7 Å². The SMILES string of the molecule is C=C[CH2-].C=C[CH2-].CCCCc1cc(C2=CC=C(c3cc(CCC)c(CCC)c(CCC)c3)[N+]2=[N-])cc(CCCC)c1CCCC.[Ni+2]. The van der Waals surface area contributed by atoms with Gasteiger partial charge >= 0.3 is 16.5 Å². The summed E-state index contributed by atoms with van der Waals surface area (Å²) in [6.45, 7) is 26.7. The summed E-state index contributed by atoms with van der Waals surface area (Å²) >= 11 is 0. The zero-order valence-corrected chi connectivity index (χ0v) is 31.3. The van der Waals surface area contributed by atoms with Gasteiger partial charge in [0.2, 0.25) is 11.4 Å². The van der Waals surface area contributed by atoms with Crippen molar-refractivity contribution < 1.29 is 21.2 Å². The summed E-state index contributed by atoms with van der Waals surface area (Å²) in [5.74, 6) is 0. The Bertz CT molecular complexity index is 1200. The minimum absolute atomic E-state index is 0. The van der Waals surface area contributed by atoms with Crippen LogP contribution in [0, 0.1) is 13.8 Å². The van der Waals surface area contributed by atoms with Gasteiger partial charge in [-0.3, -0.25) is 0 Å². The molecule has 2 nitrogen and oxygen atoms in total. The predicted octanol–water partition coefficient (Wildman–Crippen LogP) is 13.0. The Morgan fingerprint density at radius 3 is 1.17 bits per heavy atom. The molecule has 0 fully saturated rings. The Kier molecular flexibility index (Phi) is 23.8. The molecule has 0 amide bonds. The van der Waals surface area contributed by atoms with E-state index in [0.717, 1.165) is 67.5 Å². The predicted molar refractivity (Wildman–Crippen MR) is 201 cm³/mol. The monoisotopic (exact) mass is 666 g/mol. The van der Waals surface area contributed by atoms with Gasteiger partial charge in [-0.2, -0.15) is 0 Å². The van der Waals surface area contributed by atoms with Crippen molar-refractivity contribution in [3.8, 4) is 0 Å². The smallest absolute Gasteiger partial charge is 0.493 e. The molecule has 3 heteroatoms. The van der Waals surface area contributed by atoms with Crippen LogP contribution in [0.2, 0.25) is 0 Å². The normalized spacial score (nSPS) is 11.7. The van der Waals surface area contributed by atoms with Crippen LogP contribution in [-0.4, -0.2) is 4.70 Å². The van der Waals surface area contributed by atoms with E-state index in [4.69, 9.17) is 0 Å². The second-order valence-electron chi connectivity index (χ2n) is 12.1. The molecule has 46 heavy (non-hydrogen) atoms. The number of aryl methyl sites for hydroxylation is 4. The maximum Gasteiger partial charge on any atom is 2.00 e. The minimum atomic E-state index is 0. The van der Waals surface area contributed by atoms with Gasteiger partial charge in [-0.25, -0.2) is 43.9 Å². The third-order valence-electron chi connectivity index (χ3n) is 8.23. The first-order valence-corrected chi connectivity index (χ1v) is 17.9. The van der Waals surface area contributed by atoms with E-state index >= 15 is 0 Å². The molecule has 0 atom stereocenters. The maximum atomic E-state index is 11.6. The van der Waals surface area contributed by atoms with Crippen LogP contribution in [0.5, 0.6) is 0 Å². The molecule has 2 aromatic carbocycles. The van der Waals surface area contributed by atoms with Gasteiger partial charge in [0.15, 0.2) is 0 Å². The van der Waals surface area contributed by atoms with Crippen LogP contribution < -0.4 is 0 Å². The average Bonchev–Trinajstić information content (AvgIpc) is 3.41. The summed E-state index contributed by atoms with van der Waals surface area (Å²) in [7, 11) is 0. The molecule has 0 saturated carbocycles. The van der Waals surface area contributed by atoms with E-state index in [9.17, 15) is 5.53 Å². The van der Waals surface area contributed by atoms with E-state index < -0.39 is 0 Å². The van der Waals surface area contributed by atoms with Crippen LogP contribution in [0.1, 0.15) is 144 Å². The van der Waals surface area contributed by atoms with Gasteiger partial charge < -0.3 is 5.53 Å². The van der Waals surface area contributed by atoms with E-state index in [1.807, 2.05) is 0 Å². The Morgan fingerprint density at radius 2 is 0.848 bits per heavy atom. The van der Waals surface area contributed by atoms with Gasteiger partial charge in [-0.05, 0) is 115 Å². The zero-order valence-electron chi connectivity index (χ0n) is 30.3. The first kappa shape index (κ1) is 43.2. The first-order chi connectivity index (χ1) is 21.8. The van der Waals surface area contributed by atoms with Crippen LogP contribution in [0.3, 0.4) is 0 Å². The van der Waals surface area contributed by atoms with Gasteiger partial charge in [0.1, 0.15) is 0 Å². The van der Waals surface area contributed by atoms with Crippen LogP contribution in [-0.2, 0) is 55.0 Å². The summed E-state index contributed by atoms with van der Waals surface area (Å²) in [6, 6.07) is 9.48. The zero-order chi connectivity index (χ0) is 33.6. The van der Waals surface area contributed by atoms with Crippen LogP contribution >= 0.6 is 0 Å². The fourth-order valence-corrected chi connectivity index (χ4v) is 6.17. The molecule has 1 aliphatic heterocycles. The number of allylic oxidation sites excluding steroid dienone is 4. The summed E-state index contributed by atoms with van der Waals surface area (Å²) in [4.78, 5) is 0. The van der Waals surface area contributed by atoms with Crippen LogP contribution in [0.4, 0.5) is 0 Å². The topological polar surface area (TPSA) is 25.3 Å². The number of hydrogen-bond donors (Lipinski definition) is 0. The minimum Gasteiger partial charge on any atom is -0.493 e. The van der Waals surface area contributed by atoms with Crippen molar-refractivity contribution in [3.63, 3.8) is 0 Å². The molecule has 256 valence electrons. The fraction of sp³-hybridized carbons (Fsp3) is 0.488. The molecule has 0 aliphatic carbocycles. The molecule has 1 heterocycles. The van der Waals surface area contributed by atoms with Gasteiger partial charge in [-0.15, -0.1) is 0 Å². The summed E-state index contributed by atoms with van der Waals surface area (Å²) in [6.07, 6.45) is 24.8. The van der Waals surface area contributed by atoms with Crippen molar-refractivity contribution >= 4 is 11.4 Å². The van der Waals surface area contributed by atoms with Crippen molar-refractivity contribution in [3.05, 3.63) is 126 Å². The molecule has 0 saturated heterocycles. The number of unbranched alkanes of at least 4 members (excludes halogenated alkanes) is 3. The van der Waals surface area contributed by atoms with E-state index in [-0.39, 0.29) is 16.5 Å². The fourth-order valence-electron chi connectivity index (χ4n) is 6.17. The average molecular weight is 668 g/mol. The molecule has 0 N–H and O–H groups in total. The van der Waals surface area contributed by atoms with Crippen molar-refractivity contribution in [1.29, 1.82) is 0 Å². The van der Waals surface area contributed by atoms with Crippen molar-refractivity contribution in [2.75, 3.05) is 0 Å². The Morgan fingerprint density at radius 1 is 0.543 bits per heavy atom. The molecular weight excluding hydrogens is 603 g/mol. The number of hydrogen-bond acceptors (Lipinski definition) is 0. The van der Waals surface area contributed by atoms with Gasteiger partial charge in [0.05, 0.1) is 0 Å². The molecule has 2 aromatic rings. The molecule has 3 rings (SSSR count).